The zero-order valence-electron chi connectivity index (χ0n) is 4.39. The average Bonchev–Trinajstić information content (AvgIpc) is 2.21. The maximum absolute atomic E-state index is 8.96. The second kappa shape index (κ2) is 1.20. The second-order valence-electron chi connectivity index (χ2n) is 2.28. The Morgan fingerprint density at radius 1 is 1.57 bits per heavy atom. The van der Waals surface area contributed by atoms with Gasteiger partial charge in [0.15, 0.2) is 0 Å². The predicted octanol–water partition coefficient (Wildman–Crippen LogP) is -0.108. The van der Waals surface area contributed by atoms with Crippen molar-refractivity contribution >= 4 is 0 Å². The van der Waals surface area contributed by atoms with E-state index in [2.05, 4.69) is 0 Å². The van der Waals surface area contributed by atoms with Crippen molar-refractivity contribution in [3.8, 4) is 0 Å². The minimum absolute atomic E-state index is 0.535. The molecular weight excluding hydrogens is 92.1 g/mol. The average molecular weight is 102 g/mol. The molecule has 0 aromatic rings. The Hall–Kier alpha value is -0.0800. The lowest BCUT2D eigenvalue weighted by atomic mass is 10.2. The molecular formula is C5H10O2. The van der Waals surface area contributed by atoms with Crippen LogP contribution in [0.15, 0.2) is 0 Å². The summed E-state index contributed by atoms with van der Waals surface area (Å²) in [6.07, 6.45) is 1.00. The van der Waals surface area contributed by atoms with Gasteiger partial charge in [0.25, 0.3) is 0 Å². The fourth-order valence-corrected chi connectivity index (χ4v) is 0.546. The van der Waals surface area contributed by atoms with Gasteiger partial charge in [-0.2, -0.15) is 0 Å². The van der Waals surface area contributed by atoms with Crippen molar-refractivity contribution in [2.75, 3.05) is 0 Å². The van der Waals surface area contributed by atoms with Crippen molar-refractivity contribution in [1.82, 2.24) is 0 Å². The van der Waals surface area contributed by atoms with E-state index < -0.39 is 11.7 Å². The zero-order chi connectivity index (χ0) is 5.49. The van der Waals surface area contributed by atoms with E-state index in [9.17, 15) is 0 Å². The van der Waals surface area contributed by atoms with Gasteiger partial charge in [0, 0.05) is 0 Å². The van der Waals surface area contributed by atoms with Crippen LogP contribution in [0, 0.1) is 0 Å². The van der Waals surface area contributed by atoms with Crippen molar-refractivity contribution in [3.05, 3.63) is 0 Å². The number of hydrogen-bond acceptors (Lipinski definition) is 2. The molecule has 1 aliphatic rings. The van der Waals surface area contributed by atoms with Crippen LogP contribution in [0.1, 0.15) is 19.8 Å². The summed E-state index contributed by atoms with van der Waals surface area (Å²) in [5, 5.41) is 17.7. The summed E-state index contributed by atoms with van der Waals surface area (Å²) in [4.78, 5) is 0. The van der Waals surface area contributed by atoms with Gasteiger partial charge < -0.3 is 10.2 Å². The van der Waals surface area contributed by atoms with Gasteiger partial charge in [-0.15, -0.1) is 0 Å². The molecule has 0 heterocycles. The third-order valence-electron chi connectivity index (χ3n) is 1.54. The molecule has 2 nitrogen and oxygen atoms in total. The van der Waals surface area contributed by atoms with Crippen LogP contribution in [-0.4, -0.2) is 21.9 Å². The van der Waals surface area contributed by atoms with Gasteiger partial charge in [0.1, 0.15) is 0 Å². The lowest BCUT2D eigenvalue weighted by molar-refractivity contribution is 0.0113. The van der Waals surface area contributed by atoms with Gasteiger partial charge in [-0.3, -0.25) is 0 Å². The molecule has 0 aromatic heterocycles. The molecule has 0 radical (unpaired) electrons. The van der Waals surface area contributed by atoms with Gasteiger partial charge >= 0.3 is 0 Å². The Morgan fingerprint density at radius 2 is 2.00 bits per heavy atom. The molecule has 0 aliphatic heterocycles. The number of aliphatic hydroxyl groups excluding tert-OH is 1. The lowest BCUT2D eigenvalue weighted by Crippen LogP contribution is -2.23. The van der Waals surface area contributed by atoms with Crippen molar-refractivity contribution < 1.29 is 10.2 Å². The molecule has 1 rings (SSSR count). The molecule has 0 aromatic carbocycles. The van der Waals surface area contributed by atoms with E-state index in [0.29, 0.717) is 0 Å². The van der Waals surface area contributed by atoms with Crippen LogP contribution in [0.5, 0.6) is 0 Å². The van der Waals surface area contributed by atoms with E-state index in [1.807, 2.05) is 0 Å². The fraction of sp³-hybridized carbons (Fsp3) is 1.00. The summed E-state index contributed by atoms with van der Waals surface area (Å²) < 4.78 is 0. The first-order valence-electron chi connectivity index (χ1n) is 2.55. The van der Waals surface area contributed by atoms with Gasteiger partial charge in [0.05, 0.1) is 11.7 Å². The van der Waals surface area contributed by atoms with E-state index in [4.69, 9.17) is 10.2 Å². The van der Waals surface area contributed by atoms with Crippen molar-refractivity contribution in [1.29, 1.82) is 0 Å². The quantitative estimate of drug-likeness (QED) is 0.485. The summed E-state index contributed by atoms with van der Waals surface area (Å²) in [7, 11) is 0. The number of hydrogen-bond donors (Lipinski definition) is 2. The summed E-state index contributed by atoms with van der Waals surface area (Å²) in [5.41, 5.74) is -0.694. The Balaban J connectivity index is 2.39. The highest BCUT2D eigenvalue weighted by Gasteiger charge is 2.44. The summed E-state index contributed by atoms with van der Waals surface area (Å²) >= 11 is 0. The molecule has 0 amide bonds. The Morgan fingerprint density at radius 3 is 2.00 bits per heavy atom. The van der Waals surface area contributed by atoms with Crippen molar-refractivity contribution in [2.45, 2.75) is 31.5 Å². The van der Waals surface area contributed by atoms with Crippen LogP contribution >= 0.6 is 0 Å². The summed E-state index contributed by atoms with van der Waals surface area (Å²) in [5.74, 6) is 0. The molecule has 2 N–H and O–H groups in total. The van der Waals surface area contributed by atoms with E-state index >= 15 is 0 Å². The highest BCUT2D eigenvalue weighted by Crippen LogP contribution is 2.37. The molecule has 1 saturated carbocycles. The number of rotatable bonds is 1. The molecule has 0 bridgehead atoms. The zero-order valence-corrected chi connectivity index (χ0v) is 4.39. The van der Waals surface area contributed by atoms with Crippen molar-refractivity contribution in [2.24, 2.45) is 0 Å². The molecule has 0 spiro atoms. The second-order valence-corrected chi connectivity index (χ2v) is 2.28. The largest absolute Gasteiger partial charge is 0.390 e. The summed E-state index contributed by atoms with van der Waals surface area (Å²) in [6, 6.07) is 0. The maximum Gasteiger partial charge on any atom is 0.0904 e. The first kappa shape index (κ1) is 5.06. The lowest BCUT2D eigenvalue weighted by Gasteiger charge is -2.08. The van der Waals surface area contributed by atoms with Crippen LogP contribution in [0.4, 0.5) is 0 Å². The van der Waals surface area contributed by atoms with Crippen LogP contribution in [-0.2, 0) is 0 Å². The van der Waals surface area contributed by atoms with Crippen LogP contribution in [0.2, 0.25) is 0 Å². The SMILES string of the molecule is C[C@H](O)C1(O)CC1. The summed E-state index contributed by atoms with van der Waals surface area (Å²) in [6.45, 7) is 1.62. The molecule has 42 valence electrons. The molecule has 1 fully saturated rings. The van der Waals surface area contributed by atoms with Gasteiger partial charge in [-0.1, -0.05) is 0 Å². The molecule has 0 unspecified atom stereocenters. The normalized spacial score (nSPS) is 29.6. The van der Waals surface area contributed by atoms with E-state index in [1.54, 1.807) is 6.92 Å². The first-order valence-corrected chi connectivity index (χ1v) is 2.55. The molecule has 7 heavy (non-hydrogen) atoms. The smallest absolute Gasteiger partial charge is 0.0904 e. The van der Waals surface area contributed by atoms with Crippen LogP contribution in [0.3, 0.4) is 0 Å². The first-order chi connectivity index (χ1) is 3.15. The van der Waals surface area contributed by atoms with Gasteiger partial charge in [0.2, 0.25) is 0 Å². The highest BCUT2D eigenvalue weighted by atomic mass is 16.3. The van der Waals surface area contributed by atoms with Gasteiger partial charge in [-0.25, -0.2) is 0 Å². The molecule has 1 aliphatic carbocycles. The van der Waals surface area contributed by atoms with E-state index in [0.717, 1.165) is 12.8 Å². The van der Waals surface area contributed by atoms with Crippen LogP contribution in [0.25, 0.3) is 0 Å². The molecule has 0 saturated heterocycles. The third-order valence-corrected chi connectivity index (χ3v) is 1.54. The van der Waals surface area contributed by atoms with Gasteiger partial charge in [-0.05, 0) is 19.8 Å². The minimum Gasteiger partial charge on any atom is -0.390 e. The Bertz CT molecular complexity index is 74.1. The maximum atomic E-state index is 8.96. The standard InChI is InChI=1S/C5H10O2/c1-4(6)5(7)2-3-5/h4,6-7H,2-3H2,1H3/t4-/m0/s1. The van der Waals surface area contributed by atoms with Crippen molar-refractivity contribution in [3.63, 3.8) is 0 Å². The topological polar surface area (TPSA) is 40.5 Å². The highest BCUT2D eigenvalue weighted by molar-refractivity contribution is 4.97. The monoisotopic (exact) mass is 102 g/mol. The van der Waals surface area contributed by atoms with Crippen LogP contribution < -0.4 is 0 Å². The molecule has 2 heteroatoms. The fourth-order valence-electron chi connectivity index (χ4n) is 0.546. The Labute approximate surface area is 42.8 Å². The van der Waals surface area contributed by atoms with E-state index in [-0.39, 0.29) is 0 Å². The predicted molar refractivity (Wildman–Crippen MR) is 25.9 cm³/mol. The number of aliphatic hydroxyl groups is 2. The molecule has 1 atom stereocenters. The minimum atomic E-state index is -0.694. The third kappa shape index (κ3) is 0.763. The Kier molecular flexibility index (Phi) is 0.869. The van der Waals surface area contributed by atoms with E-state index in [1.165, 1.54) is 0 Å².